The van der Waals surface area contributed by atoms with Gasteiger partial charge in [0.15, 0.2) is 5.82 Å². The van der Waals surface area contributed by atoms with E-state index < -0.39 is 23.2 Å². The van der Waals surface area contributed by atoms with Crippen LogP contribution in [0.2, 0.25) is 0 Å². The number of rotatable bonds is 5. The average Bonchev–Trinajstić information content (AvgIpc) is 3.29. The van der Waals surface area contributed by atoms with Crippen LogP contribution in [0.4, 0.5) is 30.6 Å². The molecule has 0 aliphatic carbocycles. The van der Waals surface area contributed by atoms with Crippen molar-refractivity contribution in [3.8, 4) is 6.07 Å². The van der Waals surface area contributed by atoms with Crippen molar-refractivity contribution >= 4 is 17.5 Å². The smallest absolute Gasteiger partial charge is 0.324 e. The highest BCUT2D eigenvalue weighted by Crippen LogP contribution is 2.41. The molecule has 6 nitrogen and oxygen atoms in total. The maximum atomic E-state index is 13.8. The number of nitrogens with one attached hydrogen (secondary N) is 1. The summed E-state index contributed by atoms with van der Waals surface area (Å²) >= 11 is 0. The summed E-state index contributed by atoms with van der Waals surface area (Å²) in [5, 5.41) is 13.6. The van der Waals surface area contributed by atoms with Crippen LogP contribution in [-0.4, -0.2) is 16.6 Å². The van der Waals surface area contributed by atoms with Gasteiger partial charge >= 0.3 is 6.18 Å². The first-order chi connectivity index (χ1) is 15.7. The lowest BCUT2D eigenvalue weighted by atomic mass is 9.86. The highest BCUT2D eigenvalue weighted by molar-refractivity contribution is 5.59. The Kier molecular flexibility index (Phi) is 5.95. The summed E-state index contributed by atoms with van der Waals surface area (Å²) in [6.45, 7) is 3.84. The Morgan fingerprint density at radius 3 is 2.58 bits per heavy atom. The standard InChI is InChI=1S/C24H22F3N5O/c1-23(2,15-28)17-9-6-10-18(13-17)30-22-29-14-19(24(25,26)27)21(31-22)32-20(11-12-33-32)16-7-4-3-5-8-16/h3-10,13-14,20H,11-12H2,1-2H3,(H,29,30,31)/t20-/m0/s1. The van der Waals surface area contributed by atoms with Crippen molar-refractivity contribution in [2.75, 3.05) is 17.0 Å². The van der Waals surface area contributed by atoms with Crippen LogP contribution >= 0.6 is 0 Å². The Morgan fingerprint density at radius 2 is 1.88 bits per heavy atom. The zero-order chi connectivity index (χ0) is 23.6. The molecule has 1 N–H and O–H groups in total. The van der Waals surface area contributed by atoms with Crippen LogP contribution in [0.15, 0.2) is 60.8 Å². The molecule has 1 aliphatic rings. The lowest BCUT2D eigenvalue weighted by Crippen LogP contribution is -2.26. The van der Waals surface area contributed by atoms with Gasteiger partial charge in [-0.25, -0.2) is 10.0 Å². The minimum Gasteiger partial charge on any atom is -0.324 e. The van der Waals surface area contributed by atoms with E-state index >= 15 is 0 Å². The third-order valence-electron chi connectivity index (χ3n) is 5.49. The molecule has 1 aromatic heterocycles. The lowest BCUT2D eigenvalue weighted by molar-refractivity contribution is -0.138. The van der Waals surface area contributed by atoms with Crippen molar-refractivity contribution in [1.82, 2.24) is 9.97 Å². The van der Waals surface area contributed by atoms with Crippen LogP contribution in [0.1, 0.15) is 43.0 Å². The Labute approximate surface area is 189 Å². The van der Waals surface area contributed by atoms with Crippen LogP contribution in [0, 0.1) is 11.3 Å². The van der Waals surface area contributed by atoms with Gasteiger partial charge in [-0.05, 0) is 37.1 Å². The molecule has 0 spiro atoms. The number of benzene rings is 2. The van der Waals surface area contributed by atoms with Gasteiger partial charge in [0, 0.05) is 18.3 Å². The molecule has 2 aromatic carbocycles. The van der Waals surface area contributed by atoms with Crippen molar-refractivity contribution in [3.63, 3.8) is 0 Å². The fourth-order valence-electron chi connectivity index (χ4n) is 3.64. The summed E-state index contributed by atoms with van der Waals surface area (Å²) in [6.07, 6.45) is -3.37. The quantitative estimate of drug-likeness (QED) is 0.517. The highest BCUT2D eigenvalue weighted by atomic mass is 19.4. The number of nitriles is 1. The first kappa shape index (κ1) is 22.6. The molecule has 0 bridgehead atoms. The van der Waals surface area contributed by atoms with E-state index in [0.717, 1.165) is 17.3 Å². The minimum atomic E-state index is -4.65. The maximum Gasteiger partial charge on any atom is 0.421 e. The zero-order valence-electron chi connectivity index (χ0n) is 18.1. The predicted molar refractivity (Wildman–Crippen MR) is 118 cm³/mol. The topological polar surface area (TPSA) is 74.1 Å². The Balaban J connectivity index is 1.71. The van der Waals surface area contributed by atoms with Gasteiger partial charge < -0.3 is 5.32 Å². The molecule has 1 aliphatic heterocycles. The molecule has 0 amide bonds. The van der Waals surface area contributed by atoms with E-state index in [1.807, 2.05) is 36.4 Å². The van der Waals surface area contributed by atoms with E-state index in [0.29, 0.717) is 12.1 Å². The summed E-state index contributed by atoms with van der Waals surface area (Å²) < 4.78 is 41.4. The van der Waals surface area contributed by atoms with E-state index in [1.54, 1.807) is 32.0 Å². The average molecular weight is 453 g/mol. The third-order valence-corrected chi connectivity index (χ3v) is 5.49. The van der Waals surface area contributed by atoms with Crippen LogP contribution in [0.5, 0.6) is 0 Å². The van der Waals surface area contributed by atoms with Crippen molar-refractivity contribution in [2.24, 2.45) is 0 Å². The van der Waals surface area contributed by atoms with Gasteiger partial charge in [-0.2, -0.15) is 23.4 Å². The van der Waals surface area contributed by atoms with Gasteiger partial charge in [0.25, 0.3) is 0 Å². The number of hydrogen-bond acceptors (Lipinski definition) is 6. The van der Waals surface area contributed by atoms with Gasteiger partial charge in [-0.3, -0.25) is 4.84 Å². The predicted octanol–water partition coefficient (Wildman–Crippen LogP) is 5.92. The molecule has 0 radical (unpaired) electrons. The van der Waals surface area contributed by atoms with Gasteiger partial charge in [-0.15, -0.1) is 0 Å². The maximum absolute atomic E-state index is 13.8. The molecule has 4 rings (SSSR count). The molecule has 3 aromatic rings. The van der Waals surface area contributed by atoms with Crippen molar-refractivity contribution in [3.05, 3.63) is 77.5 Å². The number of hydroxylamine groups is 1. The van der Waals surface area contributed by atoms with Crippen molar-refractivity contribution in [1.29, 1.82) is 5.26 Å². The van der Waals surface area contributed by atoms with Crippen molar-refractivity contribution < 1.29 is 18.0 Å². The van der Waals surface area contributed by atoms with E-state index in [9.17, 15) is 18.4 Å². The number of aromatic nitrogens is 2. The Bertz CT molecular complexity index is 1170. The summed E-state index contributed by atoms with van der Waals surface area (Å²) in [5.41, 5.74) is 0.450. The van der Waals surface area contributed by atoms with Crippen LogP contribution in [0.25, 0.3) is 0 Å². The summed E-state index contributed by atoms with van der Waals surface area (Å²) in [5.74, 6) is -0.355. The Morgan fingerprint density at radius 1 is 1.12 bits per heavy atom. The molecule has 1 atom stereocenters. The molecule has 1 saturated heterocycles. The second kappa shape index (κ2) is 8.71. The van der Waals surface area contributed by atoms with E-state index in [1.165, 1.54) is 5.06 Å². The molecule has 1 fully saturated rings. The monoisotopic (exact) mass is 453 g/mol. The summed E-state index contributed by atoms with van der Waals surface area (Å²) in [4.78, 5) is 13.7. The van der Waals surface area contributed by atoms with Gasteiger partial charge in [0.05, 0.1) is 24.1 Å². The largest absolute Gasteiger partial charge is 0.421 e. The molecule has 0 saturated carbocycles. The van der Waals surface area contributed by atoms with Gasteiger partial charge in [-0.1, -0.05) is 42.5 Å². The fraction of sp³-hybridized carbons (Fsp3) is 0.292. The second-order valence-electron chi connectivity index (χ2n) is 8.25. The normalized spacial score (nSPS) is 16.5. The van der Waals surface area contributed by atoms with Gasteiger partial charge in [0.2, 0.25) is 5.95 Å². The van der Waals surface area contributed by atoms with Crippen LogP contribution < -0.4 is 10.4 Å². The molecule has 33 heavy (non-hydrogen) atoms. The zero-order valence-corrected chi connectivity index (χ0v) is 18.1. The second-order valence-corrected chi connectivity index (χ2v) is 8.25. The van der Waals surface area contributed by atoms with Gasteiger partial charge in [0.1, 0.15) is 5.56 Å². The lowest BCUT2D eigenvalue weighted by Gasteiger charge is -2.26. The molecule has 9 heteroatoms. The summed E-state index contributed by atoms with van der Waals surface area (Å²) in [6, 6.07) is 18.1. The first-order valence-electron chi connectivity index (χ1n) is 10.4. The number of hydrogen-bond donors (Lipinski definition) is 1. The van der Waals surface area contributed by atoms with Crippen molar-refractivity contribution in [2.45, 2.75) is 37.9 Å². The fourth-order valence-corrected chi connectivity index (χ4v) is 3.64. The third kappa shape index (κ3) is 4.76. The number of nitrogens with zero attached hydrogens (tertiary/aromatic N) is 4. The van der Waals surface area contributed by atoms with E-state index in [-0.39, 0.29) is 18.4 Å². The molecule has 170 valence electrons. The van der Waals surface area contributed by atoms with Crippen LogP contribution in [-0.2, 0) is 16.4 Å². The molecular weight excluding hydrogens is 431 g/mol. The highest BCUT2D eigenvalue weighted by Gasteiger charge is 2.40. The van der Waals surface area contributed by atoms with Crippen LogP contribution in [0.3, 0.4) is 0 Å². The number of alkyl halides is 3. The minimum absolute atomic E-state index is 0.00720. The SMILES string of the molecule is CC(C)(C#N)c1cccc(Nc2ncc(C(F)(F)F)c(N3OCC[C@H]3c3ccccc3)n2)c1. The number of anilines is 3. The molecule has 2 heterocycles. The number of halogens is 3. The van der Waals surface area contributed by atoms with E-state index in [4.69, 9.17) is 4.84 Å². The summed E-state index contributed by atoms with van der Waals surface area (Å²) in [7, 11) is 0. The Hall–Kier alpha value is -3.64. The molecular formula is C24H22F3N5O. The molecule has 0 unspecified atom stereocenters. The first-order valence-corrected chi connectivity index (χ1v) is 10.4. The van der Waals surface area contributed by atoms with E-state index in [2.05, 4.69) is 21.4 Å².